The van der Waals surface area contributed by atoms with Crippen LogP contribution in [-0.4, -0.2) is 50.5 Å². The topological polar surface area (TPSA) is 86.8 Å². The number of carbonyl (C=O) groups excluding carboxylic acids is 2. The molecular weight excluding hydrogens is 581 g/mol. The highest BCUT2D eigenvalue weighted by atomic mass is 35.5. The number of halogens is 2. The molecule has 3 rings (SSSR count). The predicted molar refractivity (Wildman–Crippen MR) is 167 cm³/mol. The molecule has 41 heavy (non-hydrogen) atoms. The van der Waals surface area contributed by atoms with Gasteiger partial charge in [-0.1, -0.05) is 98.6 Å². The third kappa shape index (κ3) is 9.21. The molecule has 3 aromatic carbocycles. The van der Waals surface area contributed by atoms with Crippen LogP contribution in [0, 0.1) is 5.92 Å². The second kappa shape index (κ2) is 14.7. The molecule has 1 N–H and O–H groups in total. The highest BCUT2D eigenvalue weighted by Crippen LogP contribution is 2.27. The fourth-order valence-corrected chi connectivity index (χ4v) is 5.81. The lowest BCUT2D eigenvalue weighted by Gasteiger charge is -2.34. The number of anilines is 1. The zero-order chi connectivity index (χ0) is 30.2. The van der Waals surface area contributed by atoms with E-state index in [1.165, 1.54) is 4.90 Å². The minimum absolute atomic E-state index is 0.0194. The monoisotopic (exact) mass is 617 g/mol. The maximum atomic E-state index is 14.2. The van der Waals surface area contributed by atoms with Gasteiger partial charge in [0, 0.05) is 29.6 Å². The summed E-state index contributed by atoms with van der Waals surface area (Å²) in [5, 5.41) is 3.74. The van der Waals surface area contributed by atoms with Crippen molar-refractivity contribution >= 4 is 50.7 Å². The molecule has 2 amide bonds. The Kier molecular flexibility index (Phi) is 11.6. The lowest BCUT2D eigenvalue weighted by Crippen LogP contribution is -2.53. The Labute approximate surface area is 253 Å². The first-order chi connectivity index (χ1) is 19.4. The Morgan fingerprint density at radius 3 is 2.20 bits per heavy atom. The molecule has 3 aromatic rings. The van der Waals surface area contributed by atoms with E-state index >= 15 is 0 Å². The standard InChI is InChI=1S/C31H37Cl2N3O4S/c1-5-24-13-9-10-14-28(24)36(41(4,39)40)21-30(37)35(20-25-15-16-26(32)18-27(25)33)29(31(38)34-19-22(2)3)17-23-11-7-6-8-12-23/h6-16,18,22,29H,5,17,19-21H2,1-4H3,(H,34,38). The van der Waals surface area contributed by atoms with Crippen LogP contribution in [0.3, 0.4) is 0 Å². The second-order valence-electron chi connectivity index (χ2n) is 10.4. The molecule has 0 radical (unpaired) electrons. The lowest BCUT2D eigenvalue weighted by molar-refractivity contribution is -0.140. The summed E-state index contributed by atoms with van der Waals surface area (Å²) in [6, 6.07) is 20.5. The summed E-state index contributed by atoms with van der Waals surface area (Å²) in [5.41, 5.74) is 2.65. The van der Waals surface area contributed by atoms with Crippen molar-refractivity contribution in [3.8, 4) is 0 Å². The van der Waals surface area contributed by atoms with E-state index in [9.17, 15) is 18.0 Å². The van der Waals surface area contributed by atoms with Gasteiger partial charge in [-0.2, -0.15) is 0 Å². The Morgan fingerprint density at radius 1 is 0.927 bits per heavy atom. The molecule has 1 atom stereocenters. The molecule has 0 heterocycles. The van der Waals surface area contributed by atoms with Crippen molar-refractivity contribution in [3.05, 3.63) is 99.5 Å². The maximum absolute atomic E-state index is 14.2. The van der Waals surface area contributed by atoms with Crippen LogP contribution in [0.4, 0.5) is 5.69 Å². The van der Waals surface area contributed by atoms with Crippen LogP contribution in [0.5, 0.6) is 0 Å². The van der Waals surface area contributed by atoms with Crippen molar-refractivity contribution in [2.75, 3.05) is 23.7 Å². The minimum Gasteiger partial charge on any atom is -0.354 e. The number of amides is 2. The molecular formula is C31H37Cl2N3O4S. The van der Waals surface area contributed by atoms with Crippen molar-refractivity contribution in [2.45, 2.75) is 46.2 Å². The number of nitrogens with zero attached hydrogens (tertiary/aromatic N) is 2. The summed E-state index contributed by atoms with van der Waals surface area (Å²) in [7, 11) is -3.85. The van der Waals surface area contributed by atoms with Crippen LogP contribution >= 0.6 is 23.2 Å². The maximum Gasteiger partial charge on any atom is 0.244 e. The molecule has 0 bridgehead atoms. The number of hydrogen-bond acceptors (Lipinski definition) is 4. The first-order valence-electron chi connectivity index (χ1n) is 13.5. The number of hydrogen-bond donors (Lipinski definition) is 1. The first-order valence-corrected chi connectivity index (χ1v) is 16.1. The van der Waals surface area contributed by atoms with Gasteiger partial charge in [-0.3, -0.25) is 13.9 Å². The smallest absolute Gasteiger partial charge is 0.244 e. The third-order valence-corrected chi connectivity index (χ3v) is 8.35. The van der Waals surface area contributed by atoms with Gasteiger partial charge in [0.25, 0.3) is 0 Å². The van der Waals surface area contributed by atoms with Crippen LogP contribution in [0.2, 0.25) is 10.0 Å². The van der Waals surface area contributed by atoms with Gasteiger partial charge in [0.15, 0.2) is 0 Å². The fraction of sp³-hybridized carbons (Fsp3) is 0.355. The minimum atomic E-state index is -3.85. The van der Waals surface area contributed by atoms with Crippen LogP contribution in [-0.2, 0) is 39.0 Å². The average Bonchev–Trinajstić information content (AvgIpc) is 2.93. The molecule has 0 aromatic heterocycles. The van der Waals surface area contributed by atoms with Gasteiger partial charge in [0.1, 0.15) is 12.6 Å². The highest BCUT2D eigenvalue weighted by molar-refractivity contribution is 7.92. The third-order valence-electron chi connectivity index (χ3n) is 6.63. The van der Waals surface area contributed by atoms with Gasteiger partial charge < -0.3 is 10.2 Å². The lowest BCUT2D eigenvalue weighted by atomic mass is 10.0. The molecule has 0 saturated carbocycles. The van der Waals surface area contributed by atoms with Crippen LogP contribution < -0.4 is 9.62 Å². The summed E-state index contributed by atoms with van der Waals surface area (Å²) < 4.78 is 27.1. The van der Waals surface area contributed by atoms with Gasteiger partial charge in [-0.15, -0.1) is 0 Å². The number of para-hydroxylation sites is 1. The first kappa shape index (κ1) is 32.4. The van der Waals surface area contributed by atoms with Crippen molar-refractivity contribution in [1.29, 1.82) is 0 Å². The molecule has 0 fully saturated rings. The molecule has 0 aliphatic heterocycles. The van der Waals surface area contributed by atoms with Crippen molar-refractivity contribution in [2.24, 2.45) is 5.92 Å². The number of rotatable bonds is 13. The zero-order valence-corrected chi connectivity index (χ0v) is 26.1. The van der Waals surface area contributed by atoms with Gasteiger partial charge in [-0.25, -0.2) is 8.42 Å². The average molecular weight is 619 g/mol. The van der Waals surface area contributed by atoms with E-state index in [0.29, 0.717) is 34.3 Å². The molecule has 10 heteroatoms. The van der Waals surface area contributed by atoms with E-state index in [-0.39, 0.29) is 24.8 Å². The van der Waals surface area contributed by atoms with E-state index in [1.807, 2.05) is 63.2 Å². The van der Waals surface area contributed by atoms with Gasteiger partial charge >= 0.3 is 0 Å². The summed E-state index contributed by atoms with van der Waals surface area (Å²) in [5.74, 6) is -0.675. The molecule has 220 valence electrons. The fourth-order valence-electron chi connectivity index (χ4n) is 4.46. The van der Waals surface area contributed by atoms with Gasteiger partial charge in [0.2, 0.25) is 21.8 Å². The Balaban J connectivity index is 2.10. The van der Waals surface area contributed by atoms with E-state index in [0.717, 1.165) is 21.7 Å². The Hall–Kier alpha value is -3.07. The number of sulfonamides is 1. The number of carbonyl (C=O) groups is 2. The van der Waals surface area contributed by atoms with Crippen LogP contribution in [0.1, 0.15) is 37.5 Å². The Bertz CT molecular complexity index is 1450. The number of nitrogens with one attached hydrogen (secondary N) is 1. The summed E-state index contributed by atoms with van der Waals surface area (Å²) in [4.78, 5) is 29.3. The molecule has 0 aliphatic carbocycles. The SMILES string of the molecule is CCc1ccccc1N(CC(=O)N(Cc1ccc(Cl)cc1Cl)C(Cc1ccccc1)C(=O)NCC(C)C)S(C)(=O)=O. The van der Waals surface area contributed by atoms with Crippen molar-refractivity contribution in [1.82, 2.24) is 10.2 Å². The molecule has 0 spiro atoms. The van der Waals surface area contributed by atoms with E-state index < -0.39 is 28.5 Å². The second-order valence-corrected chi connectivity index (χ2v) is 13.1. The van der Waals surface area contributed by atoms with Crippen LogP contribution in [0.15, 0.2) is 72.8 Å². The van der Waals surface area contributed by atoms with E-state index in [1.54, 1.807) is 30.3 Å². The van der Waals surface area contributed by atoms with Crippen molar-refractivity contribution in [3.63, 3.8) is 0 Å². The number of benzene rings is 3. The molecule has 7 nitrogen and oxygen atoms in total. The molecule has 0 aliphatic rings. The van der Waals surface area contributed by atoms with Gasteiger partial charge in [-0.05, 0) is 47.2 Å². The molecule has 1 unspecified atom stereocenters. The van der Waals surface area contributed by atoms with E-state index in [2.05, 4.69) is 5.32 Å². The summed E-state index contributed by atoms with van der Waals surface area (Å²) >= 11 is 12.6. The Morgan fingerprint density at radius 2 is 1.59 bits per heavy atom. The quantitative estimate of drug-likeness (QED) is 0.265. The largest absolute Gasteiger partial charge is 0.354 e. The summed E-state index contributed by atoms with van der Waals surface area (Å²) in [6.45, 7) is 5.81. The number of aryl methyl sites for hydroxylation is 1. The highest BCUT2D eigenvalue weighted by Gasteiger charge is 2.33. The van der Waals surface area contributed by atoms with Gasteiger partial charge in [0.05, 0.1) is 11.9 Å². The van der Waals surface area contributed by atoms with Crippen LogP contribution in [0.25, 0.3) is 0 Å². The van der Waals surface area contributed by atoms with E-state index in [4.69, 9.17) is 23.2 Å². The predicted octanol–water partition coefficient (Wildman–Crippen LogP) is 5.73. The molecule has 0 saturated heterocycles. The zero-order valence-electron chi connectivity index (χ0n) is 23.8. The summed E-state index contributed by atoms with van der Waals surface area (Å²) in [6.07, 6.45) is 1.88. The normalized spacial score (nSPS) is 12.2. The van der Waals surface area contributed by atoms with Crippen molar-refractivity contribution < 1.29 is 18.0 Å².